The second kappa shape index (κ2) is 5.26. The quantitative estimate of drug-likeness (QED) is 0.399. The van der Waals surface area contributed by atoms with Crippen molar-refractivity contribution >= 4 is 39.0 Å². The Bertz CT molecular complexity index is 853. The Morgan fingerprint density at radius 3 is 3.00 bits per heavy atom. The number of halogens is 2. The maximum absolute atomic E-state index is 11.1. The largest absolute Gasteiger partial charge is 0.430 e. The molecule has 2 heterocycles. The first-order valence-corrected chi connectivity index (χ1v) is 6.70. The monoisotopic (exact) mass is 369 g/mol. The highest BCUT2D eigenvalue weighted by Gasteiger charge is 2.20. The summed E-state index contributed by atoms with van der Waals surface area (Å²) < 4.78 is 7.32. The van der Waals surface area contributed by atoms with Crippen LogP contribution in [0.2, 0.25) is 5.15 Å². The minimum Gasteiger partial charge on any atom is -0.430 e. The number of hydrogen-bond donors (Lipinski definition) is 0. The number of nitro benzene ring substituents is 1. The molecule has 0 unspecified atom stereocenters. The Morgan fingerprint density at radius 1 is 1.43 bits per heavy atom. The molecule has 0 fully saturated rings. The van der Waals surface area contributed by atoms with Crippen LogP contribution in [-0.4, -0.2) is 24.5 Å². The molecule has 1 aromatic carbocycles. The van der Waals surface area contributed by atoms with Crippen LogP contribution in [0.1, 0.15) is 0 Å². The van der Waals surface area contributed by atoms with Gasteiger partial charge in [0.1, 0.15) is 11.5 Å². The van der Waals surface area contributed by atoms with Crippen LogP contribution in [-0.2, 0) is 0 Å². The highest BCUT2D eigenvalue weighted by atomic mass is 79.9. The number of benzene rings is 1. The van der Waals surface area contributed by atoms with E-state index >= 15 is 0 Å². The van der Waals surface area contributed by atoms with Crippen LogP contribution in [0.25, 0.3) is 5.78 Å². The zero-order chi connectivity index (χ0) is 15.0. The summed E-state index contributed by atoms with van der Waals surface area (Å²) in [6.07, 6.45) is 1.28. The van der Waals surface area contributed by atoms with Crippen LogP contribution in [0.3, 0.4) is 0 Å². The fraction of sp³-hybridized carbons (Fsp3) is 0. The van der Waals surface area contributed by atoms with Crippen LogP contribution in [0.15, 0.2) is 35.1 Å². The highest BCUT2D eigenvalue weighted by Crippen LogP contribution is 2.38. The van der Waals surface area contributed by atoms with Gasteiger partial charge in [0.15, 0.2) is 0 Å². The Labute approximate surface area is 130 Å². The highest BCUT2D eigenvalue weighted by molar-refractivity contribution is 9.10. The summed E-state index contributed by atoms with van der Waals surface area (Å²) in [7, 11) is 0. The van der Waals surface area contributed by atoms with Gasteiger partial charge in [0.25, 0.3) is 5.78 Å². The molecule has 0 bridgehead atoms. The first-order valence-electron chi connectivity index (χ1n) is 5.53. The number of nitrogens with zero attached hydrogens (tertiary/aromatic N) is 5. The molecule has 0 aliphatic rings. The Hall–Kier alpha value is -2.26. The first kappa shape index (κ1) is 13.7. The van der Waals surface area contributed by atoms with Gasteiger partial charge in [-0.3, -0.25) is 10.1 Å². The number of hydrogen-bond acceptors (Lipinski definition) is 6. The van der Waals surface area contributed by atoms with Gasteiger partial charge in [-0.15, -0.1) is 0 Å². The zero-order valence-electron chi connectivity index (χ0n) is 10.1. The summed E-state index contributed by atoms with van der Waals surface area (Å²) in [6.45, 7) is 0. The van der Waals surface area contributed by atoms with Crippen LogP contribution < -0.4 is 4.74 Å². The van der Waals surface area contributed by atoms with Gasteiger partial charge >= 0.3 is 5.69 Å². The Balaban J connectivity index is 2.15. The van der Waals surface area contributed by atoms with Crippen molar-refractivity contribution in [1.29, 1.82) is 0 Å². The molecule has 106 valence electrons. The lowest BCUT2D eigenvalue weighted by molar-refractivity contribution is -0.385. The van der Waals surface area contributed by atoms with E-state index in [9.17, 15) is 10.1 Å². The Morgan fingerprint density at radius 2 is 2.24 bits per heavy atom. The summed E-state index contributed by atoms with van der Waals surface area (Å²) in [5.41, 5.74) is -0.189. The first-order chi connectivity index (χ1) is 10.1. The standard InChI is InChI=1S/C11H5BrClN5O3/c12-6-2-1-3-7(18(19)20)10(6)21-9-4-8(13)16-11-14-5-15-17(9)11/h1-5H. The molecule has 0 amide bonds. The number of nitro groups is 1. The lowest BCUT2D eigenvalue weighted by atomic mass is 10.3. The summed E-state index contributed by atoms with van der Waals surface area (Å²) in [5, 5.41) is 15.1. The van der Waals surface area contributed by atoms with Gasteiger partial charge in [-0.25, -0.2) is 0 Å². The van der Waals surface area contributed by atoms with Gasteiger partial charge in [0.05, 0.1) is 9.40 Å². The third-order valence-corrected chi connectivity index (χ3v) is 3.36. The van der Waals surface area contributed by atoms with Crippen molar-refractivity contribution in [2.24, 2.45) is 0 Å². The second-order valence-corrected chi connectivity index (χ2v) is 5.08. The van der Waals surface area contributed by atoms with Crippen LogP contribution in [0.4, 0.5) is 5.69 Å². The number of fused-ring (bicyclic) bond motifs is 1. The predicted octanol–water partition coefficient (Wildman–Crippen LogP) is 3.24. The van der Waals surface area contributed by atoms with E-state index in [-0.39, 0.29) is 28.2 Å². The molecular formula is C11H5BrClN5O3. The van der Waals surface area contributed by atoms with E-state index in [0.717, 1.165) is 0 Å². The normalized spacial score (nSPS) is 10.8. The number of rotatable bonds is 3. The van der Waals surface area contributed by atoms with E-state index in [1.807, 2.05) is 0 Å². The Kier molecular flexibility index (Phi) is 3.43. The van der Waals surface area contributed by atoms with E-state index in [0.29, 0.717) is 4.47 Å². The van der Waals surface area contributed by atoms with Gasteiger partial charge in [-0.2, -0.15) is 19.6 Å². The van der Waals surface area contributed by atoms with Crippen molar-refractivity contribution in [2.45, 2.75) is 0 Å². The van der Waals surface area contributed by atoms with E-state index in [2.05, 4.69) is 31.0 Å². The molecule has 0 N–H and O–H groups in total. The third kappa shape index (κ3) is 2.52. The molecular weight excluding hydrogens is 366 g/mol. The molecule has 0 aliphatic carbocycles. The van der Waals surface area contributed by atoms with E-state index in [1.54, 1.807) is 12.1 Å². The van der Waals surface area contributed by atoms with Crippen LogP contribution in [0, 0.1) is 10.1 Å². The van der Waals surface area contributed by atoms with Crippen molar-refractivity contribution in [3.05, 3.63) is 50.3 Å². The van der Waals surface area contributed by atoms with Gasteiger partial charge < -0.3 is 4.74 Å². The molecule has 0 spiro atoms. The fourth-order valence-electron chi connectivity index (χ4n) is 1.68. The maximum Gasteiger partial charge on any atom is 0.312 e. The number of aromatic nitrogens is 4. The topological polar surface area (TPSA) is 95.5 Å². The average molecular weight is 371 g/mol. The molecule has 2 aromatic heterocycles. The predicted molar refractivity (Wildman–Crippen MR) is 76.7 cm³/mol. The lowest BCUT2D eigenvalue weighted by Crippen LogP contribution is -2.00. The van der Waals surface area contributed by atoms with E-state index in [4.69, 9.17) is 16.3 Å². The minimum atomic E-state index is -0.540. The second-order valence-electron chi connectivity index (χ2n) is 3.84. The lowest BCUT2D eigenvalue weighted by Gasteiger charge is -2.09. The minimum absolute atomic E-state index is 0.0431. The van der Waals surface area contributed by atoms with E-state index < -0.39 is 4.92 Å². The molecule has 3 rings (SSSR count). The van der Waals surface area contributed by atoms with Crippen molar-refractivity contribution in [3.8, 4) is 11.6 Å². The summed E-state index contributed by atoms with van der Waals surface area (Å²) in [4.78, 5) is 18.4. The van der Waals surface area contributed by atoms with E-state index in [1.165, 1.54) is 23.0 Å². The van der Waals surface area contributed by atoms with Gasteiger partial charge in [-0.05, 0) is 22.0 Å². The zero-order valence-corrected chi connectivity index (χ0v) is 12.4. The number of ether oxygens (including phenoxy) is 1. The summed E-state index contributed by atoms with van der Waals surface area (Å²) in [6, 6.07) is 5.90. The van der Waals surface area contributed by atoms with Crippen molar-refractivity contribution in [2.75, 3.05) is 0 Å². The number of para-hydroxylation sites is 1. The smallest absolute Gasteiger partial charge is 0.312 e. The molecule has 8 nitrogen and oxygen atoms in total. The average Bonchev–Trinajstić information content (AvgIpc) is 2.88. The van der Waals surface area contributed by atoms with Gasteiger partial charge in [0.2, 0.25) is 11.6 Å². The molecule has 3 aromatic rings. The molecule has 0 aliphatic heterocycles. The van der Waals surface area contributed by atoms with Crippen molar-refractivity contribution in [3.63, 3.8) is 0 Å². The summed E-state index contributed by atoms with van der Waals surface area (Å²) >= 11 is 9.09. The molecule has 0 radical (unpaired) electrons. The van der Waals surface area contributed by atoms with Crippen molar-refractivity contribution < 1.29 is 9.66 Å². The summed E-state index contributed by atoms with van der Waals surface area (Å²) in [5.74, 6) is 0.436. The third-order valence-electron chi connectivity index (χ3n) is 2.54. The SMILES string of the molecule is O=[N+]([O-])c1cccc(Br)c1Oc1cc(Cl)nc2ncnn12. The van der Waals surface area contributed by atoms with Gasteiger partial charge in [0, 0.05) is 12.1 Å². The molecule has 21 heavy (non-hydrogen) atoms. The fourth-order valence-corrected chi connectivity index (χ4v) is 2.28. The molecule has 0 saturated heterocycles. The van der Waals surface area contributed by atoms with Crippen LogP contribution >= 0.6 is 27.5 Å². The van der Waals surface area contributed by atoms with Crippen molar-refractivity contribution in [1.82, 2.24) is 19.6 Å². The molecule has 10 heteroatoms. The molecule has 0 atom stereocenters. The maximum atomic E-state index is 11.1. The van der Waals surface area contributed by atoms with Gasteiger partial charge in [-0.1, -0.05) is 17.7 Å². The molecule has 0 saturated carbocycles. The van der Waals surface area contributed by atoms with Crippen LogP contribution in [0.5, 0.6) is 11.6 Å².